The second-order valence-corrected chi connectivity index (χ2v) is 2.94. The van der Waals surface area contributed by atoms with Crippen LogP contribution < -0.4 is 0 Å². The molecule has 0 saturated heterocycles. The van der Waals surface area contributed by atoms with Gasteiger partial charge in [-0.15, -0.1) is 11.3 Å². The molecule has 1 aromatic heterocycles. The van der Waals surface area contributed by atoms with Gasteiger partial charge >= 0.3 is 0 Å². The lowest BCUT2D eigenvalue weighted by Gasteiger charge is -1.92. The van der Waals surface area contributed by atoms with Crippen LogP contribution in [0.3, 0.4) is 0 Å². The minimum atomic E-state index is 0.972. The van der Waals surface area contributed by atoms with Crippen molar-refractivity contribution in [2.45, 2.75) is 20.8 Å². The zero-order valence-corrected chi connectivity index (χ0v) is 8.74. The summed E-state index contributed by atoms with van der Waals surface area (Å²) in [6.07, 6.45) is 1.81. The van der Waals surface area contributed by atoms with E-state index in [1.165, 1.54) is 0 Å². The Hall–Kier alpha value is -0.890. The Bertz CT molecular complexity index is 261. The van der Waals surface area contributed by atoms with Gasteiger partial charge in [-0.05, 0) is 18.6 Å². The highest BCUT2D eigenvalue weighted by Gasteiger charge is 2.01. The lowest BCUT2D eigenvalue weighted by Crippen LogP contribution is -1.78. The molecule has 0 aliphatic carbocycles. The summed E-state index contributed by atoms with van der Waals surface area (Å²) in [7, 11) is 0. The summed E-state index contributed by atoms with van der Waals surface area (Å²) in [4.78, 5) is 5.24. The van der Waals surface area contributed by atoms with E-state index < -0.39 is 0 Å². The van der Waals surface area contributed by atoms with Crippen molar-refractivity contribution in [3.63, 3.8) is 0 Å². The molecule has 0 aliphatic rings. The first-order valence-electron chi connectivity index (χ1n) is 3.97. The van der Waals surface area contributed by atoms with E-state index in [1.54, 1.807) is 16.8 Å². The molecule has 0 bridgehead atoms. The first kappa shape index (κ1) is 11.1. The summed E-state index contributed by atoms with van der Waals surface area (Å²) in [5, 5.41) is 0. The quantitative estimate of drug-likeness (QED) is 0.675. The molecule has 12 heavy (non-hydrogen) atoms. The number of thiazole rings is 1. The van der Waals surface area contributed by atoms with E-state index in [-0.39, 0.29) is 0 Å². The molecule has 0 spiro atoms. The second-order valence-electron chi connectivity index (χ2n) is 2.05. The Labute approximate surface area is 78.5 Å². The average Bonchev–Trinajstić information content (AvgIpc) is 2.55. The van der Waals surface area contributed by atoms with E-state index in [0.29, 0.717) is 0 Å². The second kappa shape index (κ2) is 5.72. The summed E-state index contributed by atoms with van der Waals surface area (Å²) >= 11 is 1.59. The number of allylic oxidation sites excluding steroid dienone is 1. The SMILES string of the molecule is C=Cc1scnc1C(=C)C.CC. The summed E-state index contributed by atoms with van der Waals surface area (Å²) in [6.45, 7) is 13.4. The van der Waals surface area contributed by atoms with Crippen LogP contribution in [0.25, 0.3) is 11.6 Å². The van der Waals surface area contributed by atoms with E-state index in [1.807, 2.05) is 26.8 Å². The molecular weight excluding hydrogens is 166 g/mol. The zero-order chi connectivity index (χ0) is 9.56. The monoisotopic (exact) mass is 181 g/mol. The van der Waals surface area contributed by atoms with Crippen LogP contribution in [0.15, 0.2) is 18.7 Å². The molecule has 0 aromatic carbocycles. The summed E-state index contributed by atoms with van der Waals surface area (Å²) in [5.41, 5.74) is 3.78. The number of hydrogen-bond donors (Lipinski definition) is 0. The Morgan fingerprint density at radius 2 is 2.17 bits per heavy atom. The minimum Gasteiger partial charge on any atom is -0.244 e. The molecule has 1 heterocycles. The topological polar surface area (TPSA) is 12.9 Å². The van der Waals surface area contributed by atoms with E-state index in [2.05, 4.69) is 18.1 Å². The van der Waals surface area contributed by atoms with Gasteiger partial charge in [0.2, 0.25) is 0 Å². The normalized spacial score (nSPS) is 8.25. The smallest absolute Gasteiger partial charge is 0.0834 e. The highest BCUT2D eigenvalue weighted by Crippen LogP contribution is 2.20. The summed E-state index contributed by atoms with van der Waals surface area (Å²) < 4.78 is 0. The largest absolute Gasteiger partial charge is 0.244 e. The van der Waals surface area contributed by atoms with Gasteiger partial charge in [0.05, 0.1) is 16.1 Å². The molecule has 1 nitrogen and oxygen atoms in total. The molecule has 0 N–H and O–H groups in total. The van der Waals surface area contributed by atoms with Crippen molar-refractivity contribution in [1.29, 1.82) is 0 Å². The maximum Gasteiger partial charge on any atom is 0.0834 e. The third kappa shape index (κ3) is 2.62. The van der Waals surface area contributed by atoms with E-state index in [0.717, 1.165) is 16.1 Å². The van der Waals surface area contributed by atoms with E-state index in [4.69, 9.17) is 0 Å². The van der Waals surface area contributed by atoms with Crippen molar-refractivity contribution in [3.05, 3.63) is 29.2 Å². The van der Waals surface area contributed by atoms with E-state index >= 15 is 0 Å². The molecule has 0 unspecified atom stereocenters. The molecule has 0 saturated carbocycles. The third-order valence-electron chi connectivity index (χ3n) is 1.18. The highest BCUT2D eigenvalue weighted by molar-refractivity contribution is 7.10. The fraction of sp³-hybridized carbons (Fsp3) is 0.300. The molecule has 0 amide bonds. The van der Waals surface area contributed by atoms with Crippen LogP contribution in [0.2, 0.25) is 0 Å². The lowest BCUT2D eigenvalue weighted by atomic mass is 10.2. The summed E-state index contributed by atoms with van der Waals surface area (Å²) in [6, 6.07) is 0. The Balaban J connectivity index is 0.000000561. The van der Waals surface area contributed by atoms with Gasteiger partial charge in [-0.2, -0.15) is 0 Å². The van der Waals surface area contributed by atoms with Crippen LogP contribution in [0.4, 0.5) is 0 Å². The van der Waals surface area contributed by atoms with Crippen LogP contribution in [0.5, 0.6) is 0 Å². The molecular formula is C10H15NS. The standard InChI is InChI=1S/C8H9NS.C2H6/c1-4-7-8(6(2)3)9-5-10-7;1-2/h4-5H,1-2H2,3H3;1-2H3. The predicted octanol–water partition coefficient (Wildman–Crippen LogP) is 3.85. The molecule has 0 aliphatic heterocycles. The minimum absolute atomic E-state index is 0.972. The third-order valence-corrected chi connectivity index (χ3v) is 2.01. The van der Waals surface area contributed by atoms with Crippen LogP contribution >= 0.6 is 11.3 Å². The van der Waals surface area contributed by atoms with Crippen molar-refractivity contribution in [1.82, 2.24) is 4.98 Å². The Kier molecular flexibility index (Phi) is 5.30. The van der Waals surface area contributed by atoms with Gasteiger partial charge in [-0.25, -0.2) is 4.98 Å². The summed E-state index contributed by atoms with van der Waals surface area (Å²) in [5.74, 6) is 0. The first-order valence-corrected chi connectivity index (χ1v) is 4.85. The number of rotatable bonds is 2. The van der Waals surface area contributed by atoms with Crippen molar-refractivity contribution in [2.24, 2.45) is 0 Å². The lowest BCUT2D eigenvalue weighted by molar-refractivity contribution is 1.34. The maximum absolute atomic E-state index is 4.13. The molecule has 0 radical (unpaired) electrons. The van der Waals surface area contributed by atoms with Crippen LogP contribution in [0, 0.1) is 0 Å². The number of nitrogens with zero attached hydrogens (tertiary/aromatic N) is 1. The van der Waals surface area contributed by atoms with Gasteiger partial charge in [0, 0.05) is 0 Å². The van der Waals surface area contributed by atoms with Crippen LogP contribution in [-0.4, -0.2) is 4.98 Å². The predicted molar refractivity (Wildman–Crippen MR) is 58.3 cm³/mol. The molecule has 1 rings (SSSR count). The van der Waals surface area contributed by atoms with Gasteiger partial charge in [0.1, 0.15) is 0 Å². The highest BCUT2D eigenvalue weighted by atomic mass is 32.1. The van der Waals surface area contributed by atoms with Crippen molar-refractivity contribution in [3.8, 4) is 0 Å². The van der Waals surface area contributed by atoms with Gasteiger partial charge in [-0.1, -0.05) is 27.0 Å². The van der Waals surface area contributed by atoms with E-state index in [9.17, 15) is 0 Å². The van der Waals surface area contributed by atoms with Gasteiger partial charge < -0.3 is 0 Å². The van der Waals surface area contributed by atoms with Crippen molar-refractivity contribution >= 4 is 23.0 Å². The maximum atomic E-state index is 4.13. The Morgan fingerprint density at radius 1 is 1.58 bits per heavy atom. The van der Waals surface area contributed by atoms with Crippen LogP contribution in [0.1, 0.15) is 31.3 Å². The number of aromatic nitrogens is 1. The fourth-order valence-corrected chi connectivity index (χ4v) is 1.43. The molecule has 1 aromatic rings. The molecule has 0 fully saturated rings. The zero-order valence-electron chi connectivity index (χ0n) is 7.92. The number of hydrogen-bond acceptors (Lipinski definition) is 2. The first-order chi connectivity index (χ1) is 5.75. The van der Waals surface area contributed by atoms with Crippen molar-refractivity contribution in [2.75, 3.05) is 0 Å². The van der Waals surface area contributed by atoms with Gasteiger partial charge in [-0.3, -0.25) is 0 Å². The van der Waals surface area contributed by atoms with Crippen LogP contribution in [-0.2, 0) is 0 Å². The molecule has 0 atom stereocenters. The Morgan fingerprint density at radius 3 is 2.50 bits per heavy atom. The molecule has 66 valence electrons. The van der Waals surface area contributed by atoms with Gasteiger partial charge in [0.15, 0.2) is 0 Å². The van der Waals surface area contributed by atoms with Gasteiger partial charge in [0.25, 0.3) is 0 Å². The van der Waals surface area contributed by atoms with Crippen molar-refractivity contribution < 1.29 is 0 Å². The average molecular weight is 181 g/mol. The fourth-order valence-electron chi connectivity index (χ4n) is 0.721. The molecule has 2 heteroatoms.